The van der Waals surface area contributed by atoms with E-state index < -0.39 is 5.82 Å². The monoisotopic (exact) mass is 480 g/mol. The number of rotatable bonds is 5. The molecule has 132 valence electrons. The van der Waals surface area contributed by atoms with Crippen LogP contribution in [0.2, 0.25) is 0 Å². The van der Waals surface area contributed by atoms with Crippen LogP contribution in [-0.4, -0.2) is 19.2 Å². The zero-order valence-corrected chi connectivity index (χ0v) is 16.7. The number of anilines is 1. The number of nitrogens with zero attached hydrogens (tertiary/aromatic N) is 1. The summed E-state index contributed by atoms with van der Waals surface area (Å²) in [5.74, 6) is -0.607. The number of carbonyl (C=O) groups is 1. The molecule has 0 spiro atoms. The molecular formula is C19H14FIN2O2S. The number of hydrogen-bond donors (Lipinski definition) is 1. The van der Waals surface area contributed by atoms with Gasteiger partial charge in [0.15, 0.2) is 0 Å². The van der Waals surface area contributed by atoms with Gasteiger partial charge in [-0.15, -0.1) is 11.3 Å². The molecule has 0 fully saturated rings. The van der Waals surface area contributed by atoms with Crippen LogP contribution < -0.4 is 5.32 Å². The van der Waals surface area contributed by atoms with Crippen molar-refractivity contribution in [1.82, 2.24) is 0 Å². The van der Waals surface area contributed by atoms with Crippen molar-refractivity contribution in [3.8, 4) is 11.1 Å². The Hall–Kier alpha value is -2.26. The van der Waals surface area contributed by atoms with E-state index in [-0.39, 0.29) is 5.91 Å². The Morgan fingerprint density at radius 2 is 2.08 bits per heavy atom. The smallest absolute Gasteiger partial charge is 0.257 e. The largest absolute Gasteiger partial charge is 0.399 e. The van der Waals surface area contributed by atoms with E-state index in [9.17, 15) is 9.18 Å². The van der Waals surface area contributed by atoms with Crippen LogP contribution in [0.25, 0.3) is 11.1 Å². The third-order valence-corrected chi connectivity index (χ3v) is 5.69. The average Bonchev–Trinajstić information content (AvgIpc) is 3.07. The zero-order chi connectivity index (χ0) is 18.5. The Kier molecular flexibility index (Phi) is 6.00. The van der Waals surface area contributed by atoms with Gasteiger partial charge in [-0.2, -0.15) is 0 Å². The summed E-state index contributed by atoms with van der Waals surface area (Å²) in [6.07, 6.45) is 1.31. The lowest BCUT2D eigenvalue weighted by Gasteiger charge is -2.12. The topological polar surface area (TPSA) is 50.7 Å². The molecule has 1 heterocycles. The standard InChI is InChI=1S/C19H14FIN2O2S/c1-25-22-11-13-7-6-12(10-16(13)20)14-4-2-3-5-17(14)23-19(24)15-8-9-26-18(15)21/h2-11H,1H3,(H,23,24). The van der Waals surface area contributed by atoms with Gasteiger partial charge in [-0.3, -0.25) is 4.79 Å². The molecule has 0 saturated carbocycles. The molecule has 0 aliphatic rings. The minimum Gasteiger partial charge on any atom is -0.399 e. The van der Waals surface area contributed by atoms with E-state index in [0.29, 0.717) is 22.4 Å². The van der Waals surface area contributed by atoms with Crippen LogP contribution in [0.15, 0.2) is 59.1 Å². The van der Waals surface area contributed by atoms with Crippen molar-refractivity contribution in [2.45, 2.75) is 0 Å². The maximum absolute atomic E-state index is 14.3. The third-order valence-electron chi connectivity index (χ3n) is 3.65. The Morgan fingerprint density at radius 1 is 1.27 bits per heavy atom. The lowest BCUT2D eigenvalue weighted by molar-refractivity contribution is 0.102. The van der Waals surface area contributed by atoms with E-state index in [2.05, 4.69) is 37.9 Å². The molecule has 2 aromatic carbocycles. The molecule has 0 radical (unpaired) electrons. The molecule has 1 amide bonds. The Morgan fingerprint density at radius 3 is 2.77 bits per heavy atom. The summed E-state index contributed by atoms with van der Waals surface area (Å²) in [7, 11) is 1.40. The summed E-state index contributed by atoms with van der Waals surface area (Å²) in [4.78, 5) is 17.1. The van der Waals surface area contributed by atoms with Gasteiger partial charge in [0, 0.05) is 16.8 Å². The Labute approximate surface area is 167 Å². The first kappa shape index (κ1) is 18.5. The van der Waals surface area contributed by atoms with Crippen molar-refractivity contribution in [3.05, 3.63) is 73.7 Å². The minimum atomic E-state index is -0.420. The fraction of sp³-hybridized carbons (Fsp3) is 0.0526. The summed E-state index contributed by atoms with van der Waals surface area (Å²) in [5, 5.41) is 8.37. The highest BCUT2D eigenvalue weighted by Gasteiger charge is 2.14. The number of para-hydroxylation sites is 1. The molecule has 26 heavy (non-hydrogen) atoms. The number of carbonyl (C=O) groups excluding carboxylic acids is 1. The van der Waals surface area contributed by atoms with E-state index in [1.54, 1.807) is 24.3 Å². The molecule has 0 saturated heterocycles. The number of amides is 1. The van der Waals surface area contributed by atoms with Crippen molar-refractivity contribution in [2.75, 3.05) is 12.4 Å². The molecule has 0 aliphatic heterocycles. The summed E-state index contributed by atoms with van der Waals surface area (Å²) in [6, 6.07) is 13.9. The summed E-state index contributed by atoms with van der Waals surface area (Å²) in [6.45, 7) is 0. The number of nitrogens with one attached hydrogen (secondary N) is 1. The van der Waals surface area contributed by atoms with Crippen LogP contribution in [0.4, 0.5) is 10.1 Å². The summed E-state index contributed by atoms with van der Waals surface area (Å²) < 4.78 is 15.2. The van der Waals surface area contributed by atoms with Crippen molar-refractivity contribution < 1.29 is 14.0 Å². The first-order valence-corrected chi connectivity index (χ1v) is 9.56. The molecular weight excluding hydrogens is 466 g/mol. The molecule has 3 rings (SSSR count). The second kappa shape index (κ2) is 8.41. The fourth-order valence-corrected chi connectivity index (χ4v) is 3.87. The third kappa shape index (κ3) is 4.10. The van der Waals surface area contributed by atoms with Crippen molar-refractivity contribution in [2.24, 2.45) is 5.16 Å². The molecule has 0 unspecified atom stereocenters. The van der Waals surface area contributed by atoms with Gasteiger partial charge in [-0.05, 0) is 57.8 Å². The molecule has 1 N–H and O–H groups in total. The van der Waals surface area contributed by atoms with Gasteiger partial charge >= 0.3 is 0 Å². The Bertz CT molecular complexity index is 972. The molecule has 1 aromatic heterocycles. The van der Waals surface area contributed by atoms with E-state index in [0.717, 1.165) is 8.45 Å². The predicted molar refractivity (Wildman–Crippen MR) is 111 cm³/mol. The first-order valence-electron chi connectivity index (χ1n) is 7.60. The second-order valence-corrected chi connectivity index (χ2v) is 7.99. The van der Waals surface area contributed by atoms with E-state index >= 15 is 0 Å². The summed E-state index contributed by atoms with van der Waals surface area (Å²) in [5.41, 5.74) is 2.97. The second-order valence-electron chi connectivity index (χ2n) is 5.26. The Balaban J connectivity index is 1.92. The summed E-state index contributed by atoms with van der Waals surface area (Å²) >= 11 is 3.65. The van der Waals surface area contributed by atoms with Crippen LogP contribution in [0.5, 0.6) is 0 Å². The highest BCUT2D eigenvalue weighted by molar-refractivity contribution is 14.1. The van der Waals surface area contributed by atoms with Crippen LogP contribution >= 0.6 is 33.9 Å². The predicted octanol–water partition coefficient (Wildman–Crippen LogP) is 5.39. The highest BCUT2D eigenvalue weighted by Crippen LogP contribution is 2.30. The van der Waals surface area contributed by atoms with E-state index in [1.807, 2.05) is 23.6 Å². The highest BCUT2D eigenvalue weighted by atomic mass is 127. The molecule has 4 nitrogen and oxygen atoms in total. The van der Waals surface area contributed by atoms with Crippen LogP contribution in [-0.2, 0) is 4.84 Å². The van der Waals surface area contributed by atoms with Crippen molar-refractivity contribution in [1.29, 1.82) is 0 Å². The molecule has 3 aromatic rings. The average molecular weight is 480 g/mol. The SMILES string of the molecule is CON=Cc1ccc(-c2ccccc2NC(=O)c2ccsc2I)cc1F. The minimum absolute atomic E-state index is 0.188. The van der Waals surface area contributed by atoms with Gasteiger partial charge in [0.25, 0.3) is 5.91 Å². The lowest BCUT2D eigenvalue weighted by atomic mass is 10.0. The number of halogens is 2. The first-order chi connectivity index (χ1) is 12.6. The van der Waals surface area contributed by atoms with Gasteiger partial charge in [0.05, 0.1) is 14.7 Å². The lowest BCUT2D eigenvalue weighted by Crippen LogP contribution is -2.12. The van der Waals surface area contributed by atoms with E-state index in [4.69, 9.17) is 0 Å². The maximum atomic E-state index is 14.3. The van der Waals surface area contributed by atoms with E-state index in [1.165, 1.54) is 30.7 Å². The van der Waals surface area contributed by atoms with Gasteiger partial charge in [-0.25, -0.2) is 4.39 Å². The zero-order valence-electron chi connectivity index (χ0n) is 13.7. The number of hydrogen-bond acceptors (Lipinski definition) is 4. The fourth-order valence-electron chi connectivity index (χ4n) is 2.40. The van der Waals surface area contributed by atoms with Crippen molar-refractivity contribution >= 4 is 51.7 Å². The number of oxime groups is 1. The molecule has 0 atom stereocenters. The van der Waals surface area contributed by atoms with Gasteiger partial charge in [0.2, 0.25) is 0 Å². The quantitative estimate of drug-likeness (QED) is 0.303. The normalized spacial score (nSPS) is 10.9. The number of thiophene rings is 1. The van der Waals surface area contributed by atoms with Crippen LogP contribution in [0.3, 0.4) is 0 Å². The van der Waals surface area contributed by atoms with Crippen LogP contribution in [0.1, 0.15) is 15.9 Å². The van der Waals surface area contributed by atoms with Gasteiger partial charge < -0.3 is 10.2 Å². The maximum Gasteiger partial charge on any atom is 0.257 e. The van der Waals surface area contributed by atoms with Gasteiger partial charge in [0.1, 0.15) is 12.9 Å². The molecule has 7 heteroatoms. The van der Waals surface area contributed by atoms with Crippen LogP contribution in [0, 0.1) is 8.70 Å². The molecule has 0 bridgehead atoms. The molecule has 0 aliphatic carbocycles. The van der Waals surface area contributed by atoms with Gasteiger partial charge in [-0.1, -0.05) is 29.4 Å². The number of benzene rings is 2. The van der Waals surface area contributed by atoms with Crippen molar-refractivity contribution in [3.63, 3.8) is 0 Å².